The predicted molar refractivity (Wildman–Crippen MR) is 84.4 cm³/mol. The molecule has 19 heavy (non-hydrogen) atoms. The van der Waals surface area contributed by atoms with Crippen LogP contribution in [-0.2, 0) is 9.84 Å². The topological polar surface area (TPSA) is 46.2 Å². The zero-order chi connectivity index (χ0) is 14.3. The molecule has 108 valence electrons. The predicted octanol–water partition coefficient (Wildman–Crippen LogP) is 2.97. The van der Waals surface area contributed by atoms with E-state index in [0.29, 0.717) is 5.92 Å². The number of likely N-dealkylation sites (N-methyl/N-ethyl adjacent to an activating group) is 1. The van der Waals surface area contributed by atoms with Crippen molar-refractivity contribution in [2.45, 2.75) is 25.7 Å². The average Bonchev–Trinajstić information content (AvgIpc) is 2.37. The number of halogens is 1. The number of nitrogens with one attached hydrogen (secondary N) is 1. The van der Waals surface area contributed by atoms with E-state index in [9.17, 15) is 8.42 Å². The minimum Gasteiger partial charge on any atom is -0.319 e. The number of hydrogen-bond acceptors (Lipinski definition) is 3. The zero-order valence-corrected chi connectivity index (χ0v) is 13.9. The second kappa shape index (κ2) is 8.02. The van der Waals surface area contributed by atoms with E-state index in [2.05, 4.69) is 33.4 Å². The highest BCUT2D eigenvalue weighted by Crippen LogP contribution is 2.24. The third kappa shape index (κ3) is 6.06. The van der Waals surface area contributed by atoms with Crippen LogP contribution in [0.1, 0.15) is 31.2 Å². The summed E-state index contributed by atoms with van der Waals surface area (Å²) in [5.41, 5.74) is 1.25. The van der Waals surface area contributed by atoms with Crippen LogP contribution in [0.25, 0.3) is 0 Å². The van der Waals surface area contributed by atoms with Crippen LogP contribution in [0.2, 0.25) is 0 Å². The van der Waals surface area contributed by atoms with Gasteiger partial charge in [-0.25, -0.2) is 8.42 Å². The molecule has 1 N–H and O–H groups in total. The fraction of sp³-hybridized carbons (Fsp3) is 0.571. The Labute approximate surface area is 124 Å². The number of rotatable bonds is 8. The Morgan fingerprint density at radius 2 is 2.11 bits per heavy atom. The smallest absolute Gasteiger partial charge is 0.150 e. The van der Waals surface area contributed by atoms with Crippen molar-refractivity contribution >= 4 is 25.8 Å². The van der Waals surface area contributed by atoms with Crippen molar-refractivity contribution < 1.29 is 8.42 Å². The van der Waals surface area contributed by atoms with Crippen molar-refractivity contribution in [3.05, 3.63) is 34.3 Å². The molecular formula is C14H22BrNO2S. The summed E-state index contributed by atoms with van der Waals surface area (Å²) in [4.78, 5) is 0. The number of hydrogen-bond donors (Lipinski definition) is 1. The van der Waals surface area contributed by atoms with Gasteiger partial charge in [-0.1, -0.05) is 35.0 Å². The molecule has 0 aliphatic heterocycles. The maximum absolute atomic E-state index is 11.5. The second-order valence-electron chi connectivity index (χ2n) is 4.69. The fourth-order valence-corrected chi connectivity index (χ4v) is 3.40. The van der Waals surface area contributed by atoms with E-state index in [1.165, 1.54) is 5.56 Å². The van der Waals surface area contributed by atoms with Gasteiger partial charge in [-0.3, -0.25) is 0 Å². The Morgan fingerprint density at radius 3 is 2.68 bits per heavy atom. The number of sulfone groups is 1. The minimum atomic E-state index is -2.85. The van der Waals surface area contributed by atoms with Crippen LogP contribution in [0, 0.1) is 0 Å². The molecule has 0 saturated carbocycles. The summed E-state index contributed by atoms with van der Waals surface area (Å²) >= 11 is 3.48. The zero-order valence-electron chi connectivity index (χ0n) is 11.5. The molecule has 0 radical (unpaired) electrons. The van der Waals surface area contributed by atoms with Crippen LogP contribution in [0.15, 0.2) is 28.7 Å². The quantitative estimate of drug-likeness (QED) is 0.786. The Kier molecular flexibility index (Phi) is 7.04. The standard InChI is InChI=1S/C14H22BrNO2S/c1-3-19(17,18)9-5-7-13(11-16-2)12-6-4-8-14(15)10-12/h4,6,8,10,13,16H,3,5,7,9,11H2,1-2H3. The summed E-state index contributed by atoms with van der Waals surface area (Å²) in [7, 11) is -0.926. The molecule has 0 fully saturated rings. The lowest BCUT2D eigenvalue weighted by Gasteiger charge is -2.17. The molecule has 0 aliphatic carbocycles. The first-order chi connectivity index (χ1) is 8.98. The van der Waals surface area contributed by atoms with E-state index in [-0.39, 0.29) is 11.5 Å². The summed E-state index contributed by atoms with van der Waals surface area (Å²) < 4.78 is 24.1. The molecular weight excluding hydrogens is 326 g/mol. The molecule has 5 heteroatoms. The van der Waals surface area contributed by atoms with Gasteiger partial charge in [0.25, 0.3) is 0 Å². The lowest BCUT2D eigenvalue weighted by Crippen LogP contribution is -2.18. The van der Waals surface area contributed by atoms with Crippen LogP contribution in [0.3, 0.4) is 0 Å². The molecule has 3 nitrogen and oxygen atoms in total. The highest BCUT2D eigenvalue weighted by molar-refractivity contribution is 9.10. The molecule has 0 bridgehead atoms. The first-order valence-electron chi connectivity index (χ1n) is 6.59. The lowest BCUT2D eigenvalue weighted by molar-refractivity contribution is 0.562. The van der Waals surface area contributed by atoms with Crippen molar-refractivity contribution in [2.75, 3.05) is 25.1 Å². The molecule has 0 aliphatic rings. The van der Waals surface area contributed by atoms with Crippen molar-refractivity contribution in [3.8, 4) is 0 Å². The van der Waals surface area contributed by atoms with Gasteiger partial charge < -0.3 is 5.32 Å². The van der Waals surface area contributed by atoms with Crippen LogP contribution in [0.5, 0.6) is 0 Å². The minimum absolute atomic E-state index is 0.237. The van der Waals surface area contributed by atoms with E-state index in [1.807, 2.05) is 19.2 Å². The van der Waals surface area contributed by atoms with Gasteiger partial charge >= 0.3 is 0 Å². The molecule has 1 atom stereocenters. The van der Waals surface area contributed by atoms with E-state index in [1.54, 1.807) is 6.92 Å². The molecule has 0 saturated heterocycles. The SMILES string of the molecule is CCS(=O)(=O)CCCC(CNC)c1cccc(Br)c1. The third-order valence-corrected chi connectivity index (χ3v) is 5.50. The van der Waals surface area contributed by atoms with Gasteiger partial charge in [0.1, 0.15) is 9.84 Å². The first kappa shape index (κ1) is 16.7. The van der Waals surface area contributed by atoms with Crippen molar-refractivity contribution in [1.29, 1.82) is 0 Å². The Bertz CT molecular complexity index is 488. The van der Waals surface area contributed by atoms with Gasteiger partial charge in [0, 0.05) is 16.8 Å². The fourth-order valence-electron chi connectivity index (χ4n) is 2.09. The molecule has 1 aromatic rings. The normalized spacial score (nSPS) is 13.4. The Balaban J connectivity index is 2.63. The van der Waals surface area contributed by atoms with E-state index < -0.39 is 9.84 Å². The third-order valence-electron chi connectivity index (χ3n) is 3.22. The lowest BCUT2D eigenvalue weighted by atomic mass is 9.94. The maximum Gasteiger partial charge on any atom is 0.150 e. The van der Waals surface area contributed by atoms with Crippen molar-refractivity contribution in [1.82, 2.24) is 5.32 Å². The molecule has 0 heterocycles. The van der Waals surface area contributed by atoms with Gasteiger partial charge in [0.2, 0.25) is 0 Å². The summed E-state index contributed by atoms with van der Waals surface area (Å²) in [5.74, 6) is 0.882. The van der Waals surface area contributed by atoms with Gasteiger partial charge in [0.15, 0.2) is 0 Å². The van der Waals surface area contributed by atoms with Crippen LogP contribution in [-0.4, -0.2) is 33.5 Å². The number of benzene rings is 1. The monoisotopic (exact) mass is 347 g/mol. The van der Waals surface area contributed by atoms with E-state index >= 15 is 0 Å². The van der Waals surface area contributed by atoms with Gasteiger partial charge in [-0.05, 0) is 43.5 Å². The summed E-state index contributed by atoms with van der Waals surface area (Å²) in [6.45, 7) is 2.57. The Hall–Kier alpha value is -0.390. The van der Waals surface area contributed by atoms with Crippen LogP contribution >= 0.6 is 15.9 Å². The average molecular weight is 348 g/mol. The molecule has 0 spiro atoms. The summed E-state index contributed by atoms with van der Waals surface area (Å²) in [6, 6.07) is 8.23. The molecule has 0 aromatic heterocycles. The Morgan fingerprint density at radius 1 is 1.37 bits per heavy atom. The maximum atomic E-state index is 11.5. The molecule has 0 amide bonds. The first-order valence-corrected chi connectivity index (χ1v) is 9.20. The highest BCUT2D eigenvalue weighted by atomic mass is 79.9. The highest BCUT2D eigenvalue weighted by Gasteiger charge is 2.13. The van der Waals surface area contributed by atoms with Crippen LogP contribution in [0.4, 0.5) is 0 Å². The molecule has 1 rings (SSSR count). The van der Waals surface area contributed by atoms with Crippen LogP contribution < -0.4 is 5.32 Å². The largest absolute Gasteiger partial charge is 0.319 e. The molecule has 1 unspecified atom stereocenters. The van der Waals surface area contributed by atoms with E-state index in [0.717, 1.165) is 23.9 Å². The van der Waals surface area contributed by atoms with Gasteiger partial charge in [-0.2, -0.15) is 0 Å². The van der Waals surface area contributed by atoms with Crippen molar-refractivity contribution in [2.24, 2.45) is 0 Å². The molecule has 1 aromatic carbocycles. The van der Waals surface area contributed by atoms with Gasteiger partial charge in [0.05, 0.1) is 5.75 Å². The second-order valence-corrected chi connectivity index (χ2v) is 8.08. The van der Waals surface area contributed by atoms with E-state index in [4.69, 9.17) is 0 Å². The summed E-state index contributed by atoms with van der Waals surface area (Å²) in [5, 5.41) is 3.18. The van der Waals surface area contributed by atoms with Gasteiger partial charge in [-0.15, -0.1) is 0 Å². The summed E-state index contributed by atoms with van der Waals surface area (Å²) in [6.07, 6.45) is 1.60. The van der Waals surface area contributed by atoms with Crippen molar-refractivity contribution in [3.63, 3.8) is 0 Å².